The molecule has 1 aromatic carbocycles. The van der Waals surface area contributed by atoms with Crippen molar-refractivity contribution in [1.29, 1.82) is 0 Å². The normalized spacial score (nSPS) is 11.5. The second kappa shape index (κ2) is 6.56. The number of benzene rings is 1. The molecule has 0 saturated carbocycles. The Hall–Kier alpha value is -1.56. The molecule has 0 aliphatic carbocycles. The van der Waals surface area contributed by atoms with Gasteiger partial charge in [-0.3, -0.25) is 4.79 Å². The molecule has 2 N–H and O–H groups in total. The molecule has 1 rings (SSSR count). The van der Waals surface area contributed by atoms with Crippen molar-refractivity contribution in [3.05, 3.63) is 24.3 Å². The van der Waals surface area contributed by atoms with Crippen molar-refractivity contribution in [1.82, 2.24) is 0 Å². The van der Waals surface area contributed by atoms with E-state index in [1.807, 2.05) is 13.8 Å². The van der Waals surface area contributed by atoms with Crippen LogP contribution >= 0.6 is 0 Å². The van der Waals surface area contributed by atoms with E-state index < -0.39 is 15.7 Å². The first-order valence-corrected chi connectivity index (χ1v) is 7.90. The van der Waals surface area contributed by atoms with Crippen LogP contribution in [0.2, 0.25) is 0 Å². The SMILES string of the molecule is CC(C)CS(=O)(=O)CCC(=O)Nc1ccccc1O. The highest BCUT2D eigenvalue weighted by Crippen LogP contribution is 2.21. The molecule has 0 fully saturated rings. The van der Waals surface area contributed by atoms with Gasteiger partial charge in [-0.15, -0.1) is 0 Å². The van der Waals surface area contributed by atoms with E-state index in [4.69, 9.17) is 0 Å². The Bertz CT molecular complexity index is 537. The molecule has 5 nitrogen and oxygen atoms in total. The zero-order valence-corrected chi connectivity index (χ0v) is 11.9. The number of phenolic OH excluding ortho intramolecular Hbond substituents is 1. The molecule has 0 radical (unpaired) electrons. The van der Waals surface area contributed by atoms with Crippen molar-refractivity contribution in [3.8, 4) is 5.75 Å². The standard InChI is InChI=1S/C13H19NO4S/c1-10(2)9-19(17,18)8-7-13(16)14-11-5-3-4-6-12(11)15/h3-6,10,15H,7-9H2,1-2H3,(H,14,16). The molecule has 0 heterocycles. The molecule has 19 heavy (non-hydrogen) atoms. The summed E-state index contributed by atoms with van der Waals surface area (Å²) in [7, 11) is -3.20. The van der Waals surface area contributed by atoms with Crippen molar-refractivity contribution in [2.24, 2.45) is 5.92 Å². The van der Waals surface area contributed by atoms with Crippen LogP contribution in [0, 0.1) is 5.92 Å². The number of para-hydroxylation sites is 2. The number of sulfone groups is 1. The summed E-state index contributed by atoms with van der Waals surface area (Å²) in [5.41, 5.74) is 0.286. The zero-order valence-electron chi connectivity index (χ0n) is 11.1. The lowest BCUT2D eigenvalue weighted by atomic mass is 10.3. The number of phenols is 1. The number of carbonyl (C=O) groups excluding carboxylic acids is 1. The molecular formula is C13H19NO4S. The largest absolute Gasteiger partial charge is 0.506 e. The van der Waals surface area contributed by atoms with Crippen LogP contribution in [0.4, 0.5) is 5.69 Å². The highest BCUT2D eigenvalue weighted by atomic mass is 32.2. The van der Waals surface area contributed by atoms with E-state index in [-0.39, 0.29) is 35.3 Å². The highest BCUT2D eigenvalue weighted by Gasteiger charge is 2.15. The monoisotopic (exact) mass is 285 g/mol. The van der Waals surface area contributed by atoms with Gasteiger partial charge in [0.05, 0.1) is 17.2 Å². The van der Waals surface area contributed by atoms with E-state index in [0.29, 0.717) is 0 Å². The van der Waals surface area contributed by atoms with Crippen LogP contribution in [-0.2, 0) is 14.6 Å². The molecule has 0 aliphatic rings. The van der Waals surface area contributed by atoms with Gasteiger partial charge in [-0.2, -0.15) is 0 Å². The van der Waals surface area contributed by atoms with Crippen molar-refractivity contribution < 1.29 is 18.3 Å². The number of carbonyl (C=O) groups is 1. The average molecular weight is 285 g/mol. The smallest absolute Gasteiger partial charge is 0.225 e. The van der Waals surface area contributed by atoms with Crippen molar-refractivity contribution >= 4 is 21.4 Å². The van der Waals surface area contributed by atoms with Crippen molar-refractivity contribution in [2.45, 2.75) is 20.3 Å². The Kier molecular flexibility index (Phi) is 5.35. The van der Waals surface area contributed by atoms with Crippen LogP contribution < -0.4 is 5.32 Å². The van der Waals surface area contributed by atoms with Gasteiger partial charge in [0, 0.05) is 6.42 Å². The van der Waals surface area contributed by atoms with Gasteiger partial charge in [-0.25, -0.2) is 8.42 Å². The van der Waals surface area contributed by atoms with Crippen molar-refractivity contribution in [3.63, 3.8) is 0 Å². The predicted octanol–water partition coefficient (Wildman–Crippen LogP) is 1.79. The summed E-state index contributed by atoms with van der Waals surface area (Å²) in [6.45, 7) is 3.64. The molecule has 0 aliphatic heterocycles. The molecular weight excluding hydrogens is 266 g/mol. The summed E-state index contributed by atoms with van der Waals surface area (Å²) < 4.78 is 23.3. The second-order valence-electron chi connectivity index (χ2n) is 4.82. The molecule has 0 spiro atoms. The summed E-state index contributed by atoms with van der Waals surface area (Å²) in [6.07, 6.45) is -0.108. The number of rotatable bonds is 6. The van der Waals surface area contributed by atoms with Crippen molar-refractivity contribution in [2.75, 3.05) is 16.8 Å². The first kappa shape index (κ1) is 15.5. The van der Waals surface area contributed by atoms with Crippen LogP contribution in [0.25, 0.3) is 0 Å². The highest BCUT2D eigenvalue weighted by molar-refractivity contribution is 7.91. The Morgan fingerprint density at radius 1 is 1.32 bits per heavy atom. The van der Waals surface area contributed by atoms with E-state index in [9.17, 15) is 18.3 Å². The minimum Gasteiger partial charge on any atom is -0.506 e. The van der Waals surface area contributed by atoms with E-state index in [1.165, 1.54) is 6.07 Å². The van der Waals surface area contributed by atoms with Gasteiger partial charge in [-0.1, -0.05) is 26.0 Å². The minimum atomic E-state index is -3.20. The molecule has 0 aromatic heterocycles. The molecule has 0 unspecified atom stereocenters. The fourth-order valence-electron chi connectivity index (χ4n) is 1.63. The van der Waals surface area contributed by atoms with E-state index in [0.717, 1.165) is 0 Å². The lowest BCUT2D eigenvalue weighted by Crippen LogP contribution is -2.20. The van der Waals surface area contributed by atoms with Gasteiger partial charge >= 0.3 is 0 Å². The van der Waals surface area contributed by atoms with Crippen LogP contribution in [0.3, 0.4) is 0 Å². The maximum Gasteiger partial charge on any atom is 0.225 e. The number of aromatic hydroxyl groups is 1. The summed E-state index contributed by atoms with van der Waals surface area (Å²) in [4.78, 5) is 11.6. The number of hydrogen-bond donors (Lipinski definition) is 2. The van der Waals surface area contributed by atoms with Crippen LogP contribution in [-0.4, -0.2) is 30.9 Å². The molecule has 0 atom stereocenters. The first-order valence-electron chi connectivity index (χ1n) is 6.08. The Balaban J connectivity index is 2.51. The van der Waals surface area contributed by atoms with Gasteiger partial charge in [0.1, 0.15) is 5.75 Å². The fourth-order valence-corrected chi connectivity index (χ4v) is 3.31. The Morgan fingerprint density at radius 3 is 2.53 bits per heavy atom. The summed E-state index contributed by atoms with van der Waals surface area (Å²) in [5, 5.41) is 12.0. The molecule has 1 amide bonds. The summed E-state index contributed by atoms with van der Waals surface area (Å²) in [5.74, 6) is -0.512. The summed E-state index contributed by atoms with van der Waals surface area (Å²) in [6, 6.07) is 6.31. The maximum absolute atomic E-state index is 11.6. The topological polar surface area (TPSA) is 83.5 Å². The van der Waals surface area contributed by atoms with Crippen LogP contribution in [0.5, 0.6) is 5.75 Å². The number of hydrogen-bond acceptors (Lipinski definition) is 4. The van der Waals surface area contributed by atoms with E-state index >= 15 is 0 Å². The third kappa shape index (κ3) is 5.74. The van der Waals surface area contributed by atoms with Gasteiger partial charge in [-0.05, 0) is 18.1 Å². The third-order valence-electron chi connectivity index (χ3n) is 2.41. The third-order valence-corrected chi connectivity index (χ3v) is 4.41. The van der Waals surface area contributed by atoms with Gasteiger partial charge in [0.25, 0.3) is 0 Å². The van der Waals surface area contributed by atoms with E-state index in [1.54, 1.807) is 18.2 Å². The van der Waals surface area contributed by atoms with Gasteiger partial charge in [0.2, 0.25) is 5.91 Å². The van der Waals surface area contributed by atoms with Crippen LogP contribution in [0.15, 0.2) is 24.3 Å². The van der Waals surface area contributed by atoms with Gasteiger partial charge < -0.3 is 10.4 Å². The zero-order chi connectivity index (χ0) is 14.5. The maximum atomic E-state index is 11.6. The number of anilines is 1. The Labute approximate surface area is 113 Å². The molecule has 6 heteroatoms. The number of nitrogens with one attached hydrogen (secondary N) is 1. The van der Waals surface area contributed by atoms with Gasteiger partial charge in [0.15, 0.2) is 9.84 Å². The van der Waals surface area contributed by atoms with E-state index in [2.05, 4.69) is 5.32 Å². The fraction of sp³-hybridized carbons (Fsp3) is 0.462. The Morgan fingerprint density at radius 2 is 1.95 bits per heavy atom. The number of amides is 1. The molecule has 0 saturated heterocycles. The van der Waals surface area contributed by atoms with Crippen LogP contribution in [0.1, 0.15) is 20.3 Å². The minimum absolute atomic E-state index is 0.0408. The molecule has 106 valence electrons. The molecule has 1 aromatic rings. The predicted molar refractivity (Wildman–Crippen MR) is 74.8 cm³/mol. The average Bonchev–Trinajstić information content (AvgIpc) is 2.28. The molecule has 0 bridgehead atoms. The lowest BCUT2D eigenvalue weighted by molar-refractivity contribution is -0.115. The lowest BCUT2D eigenvalue weighted by Gasteiger charge is -2.08. The first-order chi connectivity index (χ1) is 8.80. The summed E-state index contributed by atoms with van der Waals surface area (Å²) >= 11 is 0. The quantitative estimate of drug-likeness (QED) is 0.781. The second-order valence-corrected chi connectivity index (χ2v) is 7.05.